The number of sulfonamides is 1. The summed E-state index contributed by atoms with van der Waals surface area (Å²) in [6.07, 6.45) is 3.47. The van der Waals surface area contributed by atoms with Gasteiger partial charge in [0.1, 0.15) is 5.82 Å². The summed E-state index contributed by atoms with van der Waals surface area (Å²) in [6, 6.07) is 4.39. The van der Waals surface area contributed by atoms with E-state index in [1.54, 1.807) is 6.92 Å². The molecule has 0 radical (unpaired) electrons. The van der Waals surface area contributed by atoms with E-state index in [0.29, 0.717) is 18.2 Å². The zero-order chi connectivity index (χ0) is 21.0. The number of nitrogens with one attached hydrogen (secondary N) is 2. The van der Waals surface area contributed by atoms with Gasteiger partial charge < -0.3 is 5.32 Å². The Morgan fingerprint density at radius 2 is 2.07 bits per heavy atom. The van der Waals surface area contributed by atoms with Gasteiger partial charge in [-0.05, 0) is 38.0 Å². The largest absolute Gasteiger partial charge is 0.324 e. The number of H-pyrrole nitrogens is 1. The molecule has 3 rings (SSSR count). The molecule has 1 saturated heterocycles. The van der Waals surface area contributed by atoms with Crippen LogP contribution in [0, 0.1) is 0 Å². The van der Waals surface area contributed by atoms with Gasteiger partial charge in [-0.25, -0.2) is 13.4 Å². The van der Waals surface area contributed by atoms with Crippen molar-refractivity contribution >= 4 is 45.0 Å². The van der Waals surface area contributed by atoms with E-state index >= 15 is 0 Å². The molecule has 1 aliphatic heterocycles. The molecule has 1 aromatic carbocycles. The number of aromatic nitrogens is 3. The van der Waals surface area contributed by atoms with Gasteiger partial charge in [0.15, 0.2) is 0 Å². The van der Waals surface area contributed by atoms with Crippen molar-refractivity contribution < 1.29 is 13.2 Å². The normalized spacial score (nSPS) is 16.5. The van der Waals surface area contributed by atoms with Crippen LogP contribution in [0.25, 0.3) is 0 Å². The van der Waals surface area contributed by atoms with Gasteiger partial charge in [-0.1, -0.05) is 36.7 Å². The Morgan fingerprint density at radius 3 is 2.72 bits per heavy atom. The fraction of sp³-hybridized carbons (Fsp3) is 0.500. The number of benzene rings is 1. The molecule has 1 aliphatic rings. The minimum Gasteiger partial charge on any atom is -0.324 e. The minimum absolute atomic E-state index is 0.126. The lowest BCUT2D eigenvalue weighted by molar-refractivity contribution is -0.115. The van der Waals surface area contributed by atoms with Crippen molar-refractivity contribution in [1.82, 2.24) is 19.5 Å². The van der Waals surface area contributed by atoms with E-state index in [4.69, 9.17) is 11.6 Å². The van der Waals surface area contributed by atoms with Gasteiger partial charge in [0.25, 0.3) is 0 Å². The van der Waals surface area contributed by atoms with Crippen molar-refractivity contribution in [2.75, 3.05) is 18.4 Å². The van der Waals surface area contributed by atoms with Crippen molar-refractivity contribution in [2.45, 2.75) is 54.8 Å². The zero-order valence-electron chi connectivity index (χ0n) is 16.3. The van der Waals surface area contributed by atoms with E-state index in [1.165, 1.54) is 34.3 Å². The Bertz CT molecular complexity index is 974. The first kappa shape index (κ1) is 22.1. The van der Waals surface area contributed by atoms with Crippen molar-refractivity contribution in [1.29, 1.82) is 0 Å². The first-order chi connectivity index (χ1) is 13.8. The summed E-state index contributed by atoms with van der Waals surface area (Å²) in [4.78, 5) is 17.0. The number of aromatic amines is 1. The summed E-state index contributed by atoms with van der Waals surface area (Å²) in [5, 5.41) is 9.87. The molecule has 11 heteroatoms. The molecule has 2 aromatic rings. The molecule has 1 amide bonds. The Kier molecular flexibility index (Phi) is 7.20. The van der Waals surface area contributed by atoms with Crippen LogP contribution in [-0.4, -0.2) is 52.2 Å². The maximum atomic E-state index is 12.9. The predicted molar refractivity (Wildman–Crippen MR) is 114 cm³/mol. The lowest BCUT2D eigenvalue weighted by atomic mass is 10.2. The van der Waals surface area contributed by atoms with Crippen molar-refractivity contribution in [2.24, 2.45) is 0 Å². The smallest absolute Gasteiger partial charge is 0.243 e. The number of rotatable bonds is 7. The number of amides is 1. The van der Waals surface area contributed by atoms with Crippen LogP contribution in [0.15, 0.2) is 28.3 Å². The molecular weight excluding hydrogens is 434 g/mol. The van der Waals surface area contributed by atoms with E-state index in [-0.39, 0.29) is 21.5 Å². The molecule has 0 saturated carbocycles. The number of aryl methyl sites for hydroxylation is 1. The van der Waals surface area contributed by atoms with Crippen LogP contribution in [0.4, 0.5) is 5.69 Å². The van der Waals surface area contributed by atoms with Crippen LogP contribution in [0.5, 0.6) is 0 Å². The number of carbonyl (C=O) groups is 1. The van der Waals surface area contributed by atoms with Gasteiger partial charge in [-0.3, -0.25) is 9.89 Å². The summed E-state index contributed by atoms with van der Waals surface area (Å²) in [5.41, 5.74) is 0.270. The van der Waals surface area contributed by atoms with Crippen LogP contribution in [0.3, 0.4) is 0 Å². The number of thioether (sulfide) groups is 1. The van der Waals surface area contributed by atoms with Crippen LogP contribution >= 0.6 is 23.4 Å². The monoisotopic (exact) mass is 457 g/mol. The highest BCUT2D eigenvalue weighted by Crippen LogP contribution is 2.29. The summed E-state index contributed by atoms with van der Waals surface area (Å²) < 4.78 is 27.3. The molecule has 1 unspecified atom stereocenters. The number of hydrogen-bond donors (Lipinski definition) is 2. The van der Waals surface area contributed by atoms with Gasteiger partial charge in [-0.15, -0.1) is 5.10 Å². The lowest BCUT2D eigenvalue weighted by Crippen LogP contribution is -2.35. The van der Waals surface area contributed by atoms with E-state index in [9.17, 15) is 13.2 Å². The lowest BCUT2D eigenvalue weighted by Gasteiger charge is -2.26. The Balaban J connectivity index is 1.73. The quantitative estimate of drug-likeness (QED) is 0.617. The van der Waals surface area contributed by atoms with Crippen LogP contribution < -0.4 is 5.32 Å². The standard InChI is InChI=1S/C18H24ClN5O3S2/c1-3-16-21-18(23-22-16)28-12(2)17(25)20-15-11-13(7-8-14(15)19)29(26,27)24-9-5-4-6-10-24/h7-8,11-12H,3-6,9-10H2,1-2H3,(H,20,25)(H,21,22,23). The van der Waals surface area contributed by atoms with Crippen LogP contribution in [0.1, 0.15) is 38.9 Å². The fourth-order valence-corrected chi connectivity index (χ4v) is 5.40. The highest BCUT2D eigenvalue weighted by molar-refractivity contribution is 8.00. The Morgan fingerprint density at radius 1 is 1.34 bits per heavy atom. The molecular formula is C18H24ClN5O3S2. The number of hydrogen-bond acceptors (Lipinski definition) is 6. The van der Waals surface area contributed by atoms with E-state index in [2.05, 4.69) is 20.5 Å². The third kappa shape index (κ3) is 5.30. The predicted octanol–water partition coefficient (Wildman–Crippen LogP) is 3.31. The zero-order valence-corrected chi connectivity index (χ0v) is 18.7. The van der Waals surface area contributed by atoms with Gasteiger partial charge in [0.05, 0.1) is 20.9 Å². The molecule has 1 atom stereocenters. The summed E-state index contributed by atoms with van der Waals surface area (Å²) in [6.45, 7) is 4.70. The maximum absolute atomic E-state index is 12.9. The Hall–Kier alpha value is -1.62. The molecule has 29 heavy (non-hydrogen) atoms. The van der Waals surface area contributed by atoms with Crippen molar-refractivity contribution in [3.05, 3.63) is 29.0 Å². The molecule has 1 fully saturated rings. The summed E-state index contributed by atoms with van der Waals surface area (Å²) in [7, 11) is -3.61. The van der Waals surface area contributed by atoms with Crippen molar-refractivity contribution in [3.8, 4) is 0 Å². The second-order valence-electron chi connectivity index (χ2n) is 6.77. The molecule has 8 nitrogen and oxygen atoms in total. The second kappa shape index (κ2) is 9.46. The summed E-state index contributed by atoms with van der Waals surface area (Å²) in [5.74, 6) is 0.436. The maximum Gasteiger partial charge on any atom is 0.243 e. The number of carbonyl (C=O) groups excluding carboxylic acids is 1. The first-order valence-corrected chi connectivity index (χ1v) is 12.2. The van der Waals surface area contributed by atoms with Gasteiger partial charge in [-0.2, -0.15) is 4.31 Å². The van der Waals surface area contributed by atoms with Gasteiger partial charge >= 0.3 is 0 Å². The molecule has 0 aliphatic carbocycles. The molecule has 0 spiro atoms. The molecule has 2 N–H and O–H groups in total. The molecule has 2 heterocycles. The third-order valence-electron chi connectivity index (χ3n) is 4.65. The molecule has 1 aromatic heterocycles. The number of halogens is 1. The molecule has 0 bridgehead atoms. The van der Waals surface area contributed by atoms with Crippen LogP contribution in [-0.2, 0) is 21.2 Å². The first-order valence-electron chi connectivity index (χ1n) is 9.49. The Labute approximate surface area is 179 Å². The number of nitrogens with zero attached hydrogens (tertiary/aromatic N) is 3. The highest BCUT2D eigenvalue weighted by Gasteiger charge is 2.27. The van der Waals surface area contributed by atoms with E-state index < -0.39 is 15.3 Å². The number of anilines is 1. The second-order valence-corrected chi connectivity index (χ2v) is 10.4. The average molecular weight is 458 g/mol. The van der Waals surface area contributed by atoms with Gasteiger partial charge in [0.2, 0.25) is 21.1 Å². The van der Waals surface area contributed by atoms with Gasteiger partial charge in [0, 0.05) is 19.5 Å². The van der Waals surface area contributed by atoms with Crippen molar-refractivity contribution in [3.63, 3.8) is 0 Å². The third-order valence-corrected chi connectivity index (χ3v) is 7.83. The number of piperidine rings is 1. The topological polar surface area (TPSA) is 108 Å². The van der Waals surface area contributed by atoms with E-state index in [1.807, 2.05) is 6.92 Å². The average Bonchev–Trinajstić information content (AvgIpc) is 3.17. The summed E-state index contributed by atoms with van der Waals surface area (Å²) >= 11 is 7.41. The highest BCUT2D eigenvalue weighted by atomic mass is 35.5. The SMILES string of the molecule is CCc1nc(SC(C)C(=O)Nc2cc(S(=O)(=O)N3CCCCC3)ccc2Cl)n[nH]1. The fourth-order valence-electron chi connectivity index (χ4n) is 2.95. The van der Waals surface area contributed by atoms with E-state index in [0.717, 1.165) is 31.5 Å². The molecule has 158 valence electrons. The van der Waals surface area contributed by atoms with Crippen LogP contribution in [0.2, 0.25) is 5.02 Å². The minimum atomic E-state index is -3.61.